The van der Waals surface area contributed by atoms with Gasteiger partial charge in [0.1, 0.15) is 11.2 Å². The maximum absolute atomic E-state index is 14.7. The van der Waals surface area contributed by atoms with Crippen molar-refractivity contribution >= 4 is 46.0 Å². The van der Waals surface area contributed by atoms with Gasteiger partial charge in [-0.05, 0) is 48.5 Å². The largest absolute Gasteiger partial charge is 0.507 e. The van der Waals surface area contributed by atoms with Gasteiger partial charge in [-0.15, -0.1) is 0 Å². The van der Waals surface area contributed by atoms with Crippen LogP contribution in [-0.2, 0) is 4.57 Å². The zero-order chi connectivity index (χ0) is 24.5. The maximum Gasteiger partial charge on any atom is 0.191 e. The van der Waals surface area contributed by atoms with Gasteiger partial charge < -0.3 is 14.6 Å². The number of rotatable bonds is 5. The van der Waals surface area contributed by atoms with Gasteiger partial charge in [0.05, 0.1) is 5.69 Å². The van der Waals surface area contributed by atoms with Crippen LogP contribution in [0.15, 0.2) is 138 Å². The number of phenolic OH excluding ortho intramolecular Hbond substituents is 1. The summed E-state index contributed by atoms with van der Waals surface area (Å²) in [4.78, 5) is 6.86. The van der Waals surface area contributed by atoms with E-state index in [1.54, 1.807) is 6.07 Å². The Morgan fingerprint density at radius 1 is 0.611 bits per heavy atom. The smallest absolute Gasteiger partial charge is 0.191 e. The lowest BCUT2D eigenvalue weighted by atomic mass is 10.1. The van der Waals surface area contributed by atoms with E-state index in [1.165, 1.54) is 0 Å². The van der Waals surface area contributed by atoms with Crippen LogP contribution in [0.2, 0.25) is 0 Å². The first-order chi connectivity index (χ1) is 17.7. The second kappa shape index (κ2) is 8.99. The third-order valence-corrected chi connectivity index (χ3v) is 9.39. The Hall–Kier alpha value is -4.40. The molecule has 1 unspecified atom stereocenters. The van der Waals surface area contributed by atoms with Crippen molar-refractivity contribution in [3.05, 3.63) is 139 Å². The van der Waals surface area contributed by atoms with Gasteiger partial charge >= 0.3 is 0 Å². The Morgan fingerprint density at radius 3 is 1.78 bits per heavy atom. The van der Waals surface area contributed by atoms with Crippen LogP contribution < -0.4 is 15.5 Å². The molecule has 0 radical (unpaired) electrons. The fourth-order valence-corrected chi connectivity index (χ4v) is 7.57. The molecule has 1 heterocycles. The molecule has 6 rings (SSSR count). The molecular formula is C31H23N2O2P. The molecule has 0 aromatic heterocycles. The first kappa shape index (κ1) is 22.1. The Balaban J connectivity index is 1.49. The third kappa shape index (κ3) is 3.64. The van der Waals surface area contributed by atoms with Crippen LogP contribution >= 0.6 is 7.14 Å². The molecule has 174 valence electrons. The summed E-state index contributed by atoms with van der Waals surface area (Å²) in [5.74, 6) is 0.0343. The van der Waals surface area contributed by atoms with Crippen molar-refractivity contribution in [2.75, 3.05) is 4.90 Å². The van der Waals surface area contributed by atoms with Gasteiger partial charge in [0.25, 0.3) is 0 Å². The van der Waals surface area contributed by atoms with Crippen molar-refractivity contribution in [1.82, 2.24) is 0 Å². The number of benzene rings is 5. The number of aromatic hydroxyl groups is 1. The first-order valence-electron chi connectivity index (χ1n) is 11.7. The van der Waals surface area contributed by atoms with Crippen molar-refractivity contribution in [1.29, 1.82) is 0 Å². The third-order valence-electron chi connectivity index (χ3n) is 6.37. The number of para-hydroxylation sites is 3. The molecule has 1 atom stereocenters. The summed E-state index contributed by atoms with van der Waals surface area (Å²) in [5.41, 5.74) is 4.29. The van der Waals surface area contributed by atoms with E-state index in [4.69, 9.17) is 4.99 Å². The Bertz CT molecular complexity index is 1580. The molecule has 0 bridgehead atoms. The van der Waals surface area contributed by atoms with E-state index in [9.17, 15) is 9.67 Å². The molecule has 5 aromatic carbocycles. The topological polar surface area (TPSA) is 52.9 Å². The van der Waals surface area contributed by atoms with Gasteiger partial charge in [0, 0.05) is 39.3 Å². The summed E-state index contributed by atoms with van der Waals surface area (Å²) in [6.07, 6.45) is 0. The number of fused-ring (bicyclic) bond motifs is 1. The number of hydrogen-bond acceptors (Lipinski definition) is 4. The molecule has 1 N–H and O–H groups in total. The summed E-state index contributed by atoms with van der Waals surface area (Å²) >= 11 is 0. The quantitative estimate of drug-likeness (QED) is 0.266. The molecule has 0 saturated heterocycles. The molecule has 5 heteroatoms. The molecule has 0 spiro atoms. The lowest BCUT2D eigenvalue weighted by Gasteiger charge is -2.26. The van der Waals surface area contributed by atoms with Crippen molar-refractivity contribution in [3.8, 4) is 5.75 Å². The second-order valence-corrected chi connectivity index (χ2v) is 11.2. The van der Waals surface area contributed by atoms with Crippen LogP contribution in [0.1, 0.15) is 5.56 Å². The number of phenols is 1. The van der Waals surface area contributed by atoms with Crippen molar-refractivity contribution in [3.63, 3.8) is 0 Å². The Labute approximate surface area is 210 Å². The molecule has 1 aliphatic rings. The van der Waals surface area contributed by atoms with Gasteiger partial charge in [-0.1, -0.05) is 78.9 Å². The number of nitrogens with zero attached hydrogens (tertiary/aromatic N) is 2. The van der Waals surface area contributed by atoms with E-state index in [2.05, 4.69) is 4.90 Å². The van der Waals surface area contributed by atoms with Crippen LogP contribution in [0.3, 0.4) is 0 Å². The predicted molar refractivity (Wildman–Crippen MR) is 149 cm³/mol. The summed E-state index contributed by atoms with van der Waals surface area (Å²) in [7, 11) is -3.25. The molecule has 0 aliphatic carbocycles. The molecule has 5 aromatic rings. The van der Waals surface area contributed by atoms with Crippen molar-refractivity contribution in [2.45, 2.75) is 0 Å². The fraction of sp³-hybridized carbons (Fsp3) is 0. The standard InChI is InChI=1S/C31H23N2O2P/c34-29-22-25(33(23-12-4-1-5-13-23)24-14-6-2-7-15-24)20-21-27(29)31-32-28-18-10-11-19-30(28)36(31,35)26-16-8-3-9-17-26/h1-22,34H. The lowest BCUT2D eigenvalue weighted by Crippen LogP contribution is -2.19. The minimum atomic E-state index is -3.25. The van der Waals surface area contributed by atoms with E-state index in [0.717, 1.165) is 17.1 Å². The van der Waals surface area contributed by atoms with E-state index in [1.807, 2.05) is 127 Å². The summed E-state index contributed by atoms with van der Waals surface area (Å²) in [5, 5.41) is 12.7. The van der Waals surface area contributed by atoms with E-state index < -0.39 is 7.14 Å². The maximum atomic E-state index is 14.7. The van der Waals surface area contributed by atoms with Gasteiger partial charge in [-0.25, -0.2) is 4.99 Å². The summed E-state index contributed by atoms with van der Waals surface area (Å²) in [6, 6.07) is 42.4. The van der Waals surface area contributed by atoms with Crippen LogP contribution in [0.5, 0.6) is 5.75 Å². The minimum Gasteiger partial charge on any atom is -0.507 e. The van der Waals surface area contributed by atoms with Crippen LogP contribution in [-0.4, -0.2) is 10.6 Å². The summed E-state index contributed by atoms with van der Waals surface area (Å²) in [6.45, 7) is 0. The van der Waals surface area contributed by atoms with E-state index >= 15 is 0 Å². The monoisotopic (exact) mass is 486 g/mol. The molecule has 0 fully saturated rings. The Morgan fingerprint density at radius 2 is 1.17 bits per heavy atom. The normalized spacial score (nSPS) is 16.3. The highest BCUT2D eigenvalue weighted by atomic mass is 31.2. The van der Waals surface area contributed by atoms with Gasteiger partial charge in [-0.2, -0.15) is 0 Å². The van der Waals surface area contributed by atoms with Crippen molar-refractivity contribution in [2.24, 2.45) is 4.99 Å². The molecule has 0 saturated carbocycles. The van der Waals surface area contributed by atoms with Gasteiger partial charge in [0.15, 0.2) is 7.14 Å². The predicted octanol–water partition coefficient (Wildman–Crippen LogP) is 7.27. The molecule has 1 aliphatic heterocycles. The number of anilines is 3. The second-order valence-electron chi connectivity index (χ2n) is 8.58. The van der Waals surface area contributed by atoms with Crippen LogP contribution in [0, 0.1) is 0 Å². The first-order valence-corrected chi connectivity index (χ1v) is 13.4. The number of aliphatic imine (C=N–C) groups is 1. The number of hydrogen-bond donors (Lipinski definition) is 1. The van der Waals surface area contributed by atoms with Gasteiger partial charge in [-0.3, -0.25) is 0 Å². The van der Waals surface area contributed by atoms with Crippen molar-refractivity contribution < 1.29 is 9.67 Å². The highest BCUT2D eigenvalue weighted by Gasteiger charge is 2.41. The fourth-order valence-electron chi connectivity index (χ4n) is 4.70. The van der Waals surface area contributed by atoms with E-state index in [-0.39, 0.29) is 5.75 Å². The summed E-state index contributed by atoms with van der Waals surface area (Å²) < 4.78 is 14.7. The minimum absolute atomic E-state index is 0.0343. The van der Waals surface area contributed by atoms with E-state index in [0.29, 0.717) is 27.3 Å². The highest BCUT2D eigenvalue weighted by molar-refractivity contribution is 7.94. The average molecular weight is 487 g/mol. The molecule has 4 nitrogen and oxygen atoms in total. The Kier molecular flexibility index (Phi) is 5.52. The molecular weight excluding hydrogens is 463 g/mol. The SMILES string of the molecule is O=P1(c2ccccc2)C(c2ccc(N(c3ccccc3)c3ccccc3)cc2O)=Nc2ccccc21. The van der Waals surface area contributed by atoms with Gasteiger partial charge in [0.2, 0.25) is 0 Å². The zero-order valence-corrected chi connectivity index (χ0v) is 20.3. The van der Waals surface area contributed by atoms with Crippen LogP contribution in [0.4, 0.5) is 22.7 Å². The molecule has 0 amide bonds. The zero-order valence-electron chi connectivity index (χ0n) is 19.4. The highest BCUT2D eigenvalue weighted by Crippen LogP contribution is 2.55. The molecule has 36 heavy (non-hydrogen) atoms. The van der Waals surface area contributed by atoms with Crippen LogP contribution in [0.25, 0.3) is 0 Å². The lowest BCUT2D eigenvalue weighted by molar-refractivity contribution is 0.474. The average Bonchev–Trinajstić information content (AvgIpc) is 3.24.